The molecule has 0 saturated carbocycles. The normalized spacial score (nSPS) is 18.1. The van der Waals surface area contributed by atoms with Crippen LogP contribution in [0.2, 0.25) is 10.0 Å². The van der Waals surface area contributed by atoms with Crippen molar-refractivity contribution in [3.8, 4) is 0 Å². The summed E-state index contributed by atoms with van der Waals surface area (Å²) >= 11 is 15.3. The molecule has 1 fully saturated rings. The lowest BCUT2D eigenvalue weighted by Crippen LogP contribution is -2.40. The van der Waals surface area contributed by atoms with Crippen LogP contribution < -0.4 is 4.72 Å². The SMILES string of the molecule is CC(CNS(=O)(=O)c1c(Cl)cc(Br)cc1Cl)N1CCCC1. The Bertz CT molecular complexity index is 596. The van der Waals surface area contributed by atoms with Gasteiger partial charge < -0.3 is 0 Å². The predicted molar refractivity (Wildman–Crippen MR) is 89.6 cm³/mol. The van der Waals surface area contributed by atoms with Crippen LogP contribution in [0.1, 0.15) is 19.8 Å². The summed E-state index contributed by atoms with van der Waals surface area (Å²) in [4.78, 5) is 2.20. The van der Waals surface area contributed by atoms with E-state index >= 15 is 0 Å². The van der Waals surface area contributed by atoms with E-state index in [9.17, 15) is 8.42 Å². The first-order valence-electron chi connectivity index (χ1n) is 6.69. The third kappa shape index (κ3) is 4.33. The second kappa shape index (κ2) is 7.15. The van der Waals surface area contributed by atoms with Crippen molar-refractivity contribution in [2.45, 2.75) is 30.7 Å². The molecule has 1 aromatic carbocycles. The van der Waals surface area contributed by atoms with E-state index in [1.54, 1.807) is 0 Å². The van der Waals surface area contributed by atoms with Gasteiger partial charge in [-0.2, -0.15) is 0 Å². The van der Waals surface area contributed by atoms with Crippen molar-refractivity contribution < 1.29 is 8.42 Å². The lowest BCUT2D eigenvalue weighted by Gasteiger charge is -2.24. The van der Waals surface area contributed by atoms with Gasteiger partial charge in [-0.05, 0) is 45.0 Å². The maximum atomic E-state index is 12.4. The summed E-state index contributed by atoms with van der Waals surface area (Å²) in [6.45, 7) is 4.38. The zero-order valence-corrected chi connectivity index (χ0v) is 15.5. The van der Waals surface area contributed by atoms with Gasteiger partial charge in [0.05, 0.1) is 10.0 Å². The lowest BCUT2D eigenvalue weighted by molar-refractivity contribution is 0.260. The van der Waals surface area contributed by atoms with Gasteiger partial charge in [-0.25, -0.2) is 13.1 Å². The van der Waals surface area contributed by atoms with Gasteiger partial charge in [0.15, 0.2) is 0 Å². The summed E-state index contributed by atoms with van der Waals surface area (Å²) in [7, 11) is -3.72. The summed E-state index contributed by atoms with van der Waals surface area (Å²) in [5.74, 6) is 0. The Labute approximate surface area is 144 Å². The van der Waals surface area contributed by atoms with Crippen LogP contribution in [0.15, 0.2) is 21.5 Å². The van der Waals surface area contributed by atoms with Gasteiger partial charge in [0.1, 0.15) is 4.90 Å². The lowest BCUT2D eigenvalue weighted by atomic mass is 10.3. The van der Waals surface area contributed by atoms with E-state index in [2.05, 4.69) is 25.6 Å². The van der Waals surface area contributed by atoms with E-state index in [0.717, 1.165) is 13.1 Å². The highest BCUT2D eigenvalue weighted by molar-refractivity contribution is 9.10. The number of benzene rings is 1. The van der Waals surface area contributed by atoms with Crippen LogP contribution in [-0.4, -0.2) is 39.0 Å². The Hall–Kier alpha value is 0.150. The summed E-state index contributed by atoms with van der Waals surface area (Å²) in [6, 6.07) is 3.19. The summed E-state index contributed by atoms with van der Waals surface area (Å²) < 4.78 is 28.0. The molecule has 0 radical (unpaired) electrons. The minimum Gasteiger partial charge on any atom is -0.299 e. The number of hydrogen-bond donors (Lipinski definition) is 1. The van der Waals surface area contributed by atoms with E-state index in [1.165, 1.54) is 25.0 Å². The number of likely N-dealkylation sites (tertiary alicyclic amines) is 1. The monoisotopic (exact) mass is 414 g/mol. The number of halogens is 3. The molecule has 21 heavy (non-hydrogen) atoms. The molecule has 1 unspecified atom stereocenters. The molecular formula is C13H17BrCl2N2O2S. The summed E-state index contributed by atoms with van der Waals surface area (Å²) in [5, 5.41) is 0.214. The number of hydrogen-bond acceptors (Lipinski definition) is 3. The maximum absolute atomic E-state index is 12.4. The van der Waals surface area contributed by atoms with E-state index in [1.807, 2.05) is 6.92 Å². The molecule has 0 aliphatic carbocycles. The topological polar surface area (TPSA) is 49.4 Å². The van der Waals surface area contributed by atoms with Gasteiger partial charge in [-0.3, -0.25) is 4.90 Å². The average molecular weight is 416 g/mol. The second-order valence-electron chi connectivity index (χ2n) is 5.14. The minimum atomic E-state index is -3.72. The zero-order chi connectivity index (χ0) is 15.6. The Morgan fingerprint density at radius 3 is 2.33 bits per heavy atom. The molecule has 4 nitrogen and oxygen atoms in total. The van der Waals surface area contributed by atoms with Crippen LogP contribution in [0.25, 0.3) is 0 Å². The third-order valence-corrected chi connectivity index (χ3v) is 6.37. The van der Waals surface area contributed by atoms with Crippen LogP contribution in [0.3, 0.4) is 0 Å². The van der Waals surface area contributed by atoms with Gasteiger partial charge in [0.25, 0.3) is 0 Å². The van der Waals surface area contributed by atoms with E-state index in [-0.39, 0.29) is 21.0 Å². The van der Waals surface area contributed by atoms with Crippen molar-refractivity contribution in [3.63, 3.8) is 0 Å². The molecule has 1 aliphatic rings. The van der Waals surface area contributed by atoms with Gasteiger partial charge in [0.2, 0.25) is 10.0 Å². The van der Waals surface area contributed by atoms with E-state index < -0.39 is 10.0 Å². The van der Waals surface area contributed by atoms with Gasteiger partial charge in [0, 0.05) is 17.1 Å². The van der Waals surface area contributed by atoms with Crippen LogP contribution in [0.4, 0.5) is 0 Å². The minimum absolute atomic E-state index is 0.0670. The smallest absolute Gasteiger partial charge is 0.243 e. The second-order valence-corrected chi connectivity index (χ2v) is 8.58. The highest BCUT2D eigenvalue weighted by Gasteiger charge is 2.25. The molecular weight excluding hydrogens is 399 g/mol. The summed E-state index contributed by atoms with van der Waals surface area (Å²) in [5.41, 5.74) is 0. The van der Waals surface area contributed by atoms with E-state index in [4.69, 9.17) is 23.2 Å². The molecule has 118 valence electrons. The molecule has 8 heteroatoms. The Balaban J connectivity index is 2.11. The highest BCUT2D eigenvalue weighted by Crippen LogP contribution is 2.32. The molecule has 1 saturated heterocycles. The first kappa shape index (κ1) is 17.5. The molecule has 1 N–H and O–H groups in total. The van der Waals surface area contributed by atoms with Crippen LogP contribution in [0, 0.1) is 0 Å². The van der Waals surface area contributed by atoms with Crippen molar-refractivity contribution in [3.05, 3.63) is 26.7 Å². The average Bonchev–Trinajstić information content (AvgIpc) is 2.88. The molecule has 1 atom stereocenters. The molecule has 0 aromatic heterocycles. The van der Waals surface area contributed by atoms with Crippen molar-refractivity contribution in [2.75, 3.05) is 19.6 Å². The first-order chi connectivity index (χ1) is 9.81. The first-order valence-corrected chi connectivity index (χ1v) is 9.73. The van der Waals surface area contributed by atoms with Crippen molar-refractivity contribution >= 4 is 49.2 Å². The standard InChI is InChI=1S/C13H17BrCl2N2O2S/c1-9(18-4-2-3-5-18)8-17-21(19,20)13-11(15)6-10(14)7-12(13)16/h6-7,9,17H,2-5,8H2,1H3. The third-order valence-electron chi connectivity index (χ3n) is 3.56. The van der Waals surface area contributed by atoms with Gasteiger partial charge in [-0.1, -0.05) is 39.1 Å². The number of nitrogens with zero attached hydrogens (tertiary/aromatic N) is 1. The maximum Gasteiger partial charge on any atom is 0.243 e. The molecule has 0 spiro atoms. The fourth-order valence-electron chi connectivity index (χ4n) is 2.40. The number of sulfonamides is 1. The van der Waals surface area contributed by atoms with Crippen LogP contribution >= 0.6 is 39.1 Å². The van der Waals surface area contributed by atoms with Crippen molar-refractivity contribution in [1.29, 1.82) is 0 Å². The fourth-order valence-corrected chi connectivity index (χ4v) is 5.45. The molecule has 1 heterocycles. The Morgan fingerprint density at radius 1 is 1.29 bits per heavy atom. The molecule has 0 bridgehead atoms. The molecule has 1 aliphatic heterocycles. The number of nitrogens with one attached hydrogen (secondary N) is 1. The van der Waals surface area contributed by atoms with Crippen molar-refractivity contribution in [2.24, 2.45) is 0 Å². The molecule has 0 amide bonds. The van der Waals surface area contributed by atoms with E-state index in [0.29, 0.717) is 11.0 Å². The highest BCUT2D eigenvalue weighted by atomic mass is 79.9. The predicted octanol–water partition coefficient (Wildman–Crippen LogP) is 3.52. The van der Waals surface area contributed by atoms with Crippen LogP contribution in [-0.2, 0) is 10.0 Å². The summed E-state index contributed by atoms with van der Waals surface area (Å²) in [6.07, 6.45) is 2.34. The molecule has 1 aromatic rings. The quantitative estimate of drug-likeness (QED) is 0.800. The largest absolute Gasteiger partial charge is 0.299 e. The number of rotatable bonds is 5. The molecule has 2 rings (SSSR count). The fraction of sp³-hybridized carbons (Fsp3) is 0.538. The van der Waals surface area contributed by atoms with Gasteiger partial charge in [-0.15, -0.1) is 0 Å². The van der Waals surface area contributed by atoms with Gasteiger partial charge >= 0.3 is 0 Å². The Morgan fingerprint density at radius 2 is 1.81 bits per heavy atom. The Kier molecular flexibility index (Phi) is 5.96. The zero-order valence-electron chi connectivity index (χ0n) is 11.6. The van der Waals surface area contributed by atoms with Crippen molar-refractivity contribution in [1.82, 2.24) is 9.62 Å². The van der Waals surface area contributed by atoms with Crippen LogP contribution in [0.5, 0.6) is 0 Å².